The number of aryl methyl sites for hydroxylation is 1. The number of ether oxygens (including phenoxy) is 2. The Morgan fingerprint density at radius 1 is 1.06 bits per heavy atom. The monoisotopic (exact) mass is 709 g/mol. The number of unbranched alkanes of at least 4 members (excludes halogenated alkanes) is 2. The van der Waals surface area contributed by atoms with E-state index in [1.54, 1.807) is 19.1 Å². The largest absolute Gasteiger partial charge is 0.462 e. The van der Waals surface area contributed by atoms with E-state index in [-0.39, 0.29) is 42.9 Å². The average molecular weight is 710 g/mol. The molecule has 10 nitrogen and oxygen atoms in total. The molecule has 7 atom stereocenters. The Labute approximate surface area is 305 Å². The maximum Gasteiger partial charge on any atom is 0.331 e. The number of aliphatic hydroxyl groups is 3. The maximum atomic E-state index is 12.8. The number of hydrogen-bond acceptors (Lipinski definition) is 9. The Kier molecular flexibility index (Phi) is 20.3. The number of cyclic esters (lactones) is 1. The van der Waals surface area contributed by atoms with Crippen molar-refractivity contribution in [1.29, 1.82) is 0 Å². The van der Waals surface area contributed by atoms with Crippen molar-refractivity contribution in [2.45, 2.75) is 150 Å². The quantitative estimate of drug-likeness (QED) is 0.0509. The highest BCUT2D eigenvalue weighted by molar-refractivity contribution is 5.82. The lowest BCUT2D eigenvalue weighted by Crippen LogP contribution is -2.29. The molecule has 2 rings (SSSR count). The molecule has 0 aliphatic carbocycles. The Morgan fingerprint density at radius 2 is 1.80 bits per heavy atom. The summed E-state index contributed by atoms with van der Waals surface area (Å²) >= 11 is 0. The number of nitrogens with zero attached hydrogens (tertiary/aromatic N) is 3. The van der Waals surface area contributed by atoms with Gasteiger partial charge in [-0.25, -0.2) is 4.79 Å². The molecule has 0 bridgehead atoms. The van der Waals surface area contributed by atoms with Crippen molar-refractivity contribution >= 4 is 11.9 Å². The number of aromatic nitrogens is 3. The second kappa shape index (κ2) is 23.8. The van der Waals surface area contributed by atoms with Crippen LogP contribution in [-0.2, 0) is 32.0 Å². The highest BCUT2D eigenvalue weighted by Gasteiger charge is 2.25. The van der Waals surface area contributed by atoms with E-state index in [0.29, 0.717) is 25.8 Å². The molecule has 0 amide bonds. The van der Waals surface area contributed by atoms with E-state index < -0.39 is 24.3 Å². The van der Waals surface area contributed by atoms with Crippen LogP contribution in [0, 0.1) is 11.8 Å². The molecule has 3 N–H and O–H groups in total. The van der Waals surface area contributed by atoms with Crippen molar-refractivity contribution < 1.29 is 34.4 Å². The van der Waals surface area contributed by atoms with Gasteiger partial charge in [0.05, 0.1) is 24.0 Å². The van der Waals surface area contributed by atoms with Crippen molar-refractivity contribution in [1.82, 2.24) is 15.0 Å². The highest BCUT2D eigenvalue weighted by atomic mass is 16.5. The first-order valence-electron chi connectivity index (χ1n) is 18.6. The first-order chi connectivity index (χ1) is 24.3. The van der Waals surface area contributed by atoms with Crippen LogP contribution in [0.5, 0.6) is 0 Å². The first-order valence-corrected chi connectivity index (χ1v) is 18.6. The zero-order valence-electron chi connectivity index (χ0n) is 31.9. The Balaban J connectivity index is 1.92. The summed E-state index contributed by atoms with van der Waals surface area (Å²) in [6, 6.07) is 0. The summed E-state index contributed by atoms with van der Waals surface area (Å²) in [5, 5.41) is 38.0. The number of hydrogen-bond donors (Lipinski definition) is 3. The third-order valence-corrected chi connectivity index (χ3v) is 8.90. The van der Waals surface area contributed by atoms with Crippen LogP contribution < -0.4 is 0 Å². The molecule has 0 spiro atoms. The number of aliphatic hydroxyl groups excluding tert-OH is 3. The number of carbonyl (C=O) groups is 2. The number of esters is 2. The Morgan fingerprint density at radius 3 is 2.53 bits per heavy atom. The van der Waals surface area contributed by atoms with Crippen molar-refractivity contribution in [3.8, 4) is 0 Å². The maximum absolute atomic E-state index is 12.8. The summed E-state index contributed by atoms with van der Waals surface area (Å²) in [5.74, 6) is -0.522. The molecule has 0 saturated carbocycles. The summed E-state index contributed by atoms with van der Waals surface area (Å²) in [6.07, 6.45) is 22.2. The van der Waals surface area contributed by atoms with Crippen LogP contribution in [0.15, 0.2) is 77.6 Å². The van der Waals surface area contributed by atoms with Gasteiger partial charge in [-0.3, -0.25) is 9.48 Å². The third-order valence-electron chi connectivity index (χ3n) is 8.90. The van der Waals surface area contributed by atoms with Crippen LogP contribution >= 0.6 is 0 Å². The highest BCUT2D eigenvalue weighted by Crippen LogP contribution is 2.23. The van der Waals surface area contributed by atoms with Crippen LogP contribution in [0.3, 0.4) is 0 Å². The van der Waals surface area contributed by atoms with E-state index in [1.165, 1.54) is 18.9 Å². The molecule has 1 aliphatic heterocycles. The Hall–Kier alpha value is -3.60. The average Bonchev–Trinajstić information content (AvgIpc) is 3.50. The zero-order chi connectivity index (χ0) is 37.8. The van der Waals surface area contributed by atoms with Gasteiger partial charge < -0.3 is 24.8 Å². The standard InChI is InChI=1S/C41H63N3O7/c1-8-9-10-18-35-28-44(43-42-35)27-33(6)39-19-12-11-17-32(5)38(20-14-21-40(48)51-39)50-41(49)23-22-31(4)24-29(2)15-13-16-30(3)25-36(46)37(47)26-34(7)45/h11-13,15-16,22-25,28,32-34,36-39,45-47H,8-10,14,17-21,26-27H2,1-7H3/t32-,33-,34-,36-,37-,38-,39+/m0/s1. The molecular weight excluding hydrogens is 646 g/mol. The topological polar surface area (TPSA) is 144 Å². The molecule has 51 heavy (non-hydrogen) atoms. The molecule has 0 saturated heterocycles. The summed E-state index contributed by atoms with van der Waals surface area (Å²) in [4.78, 5) is 25.7. The van der Waals surface area contributed by atoms with Crippen LogP contribution in [0.1, 0.15) is 112 Å². The van der Waals surface area contributed by atoms with Crippen molar-refractivity contribution in [2.24, 2.45) is 11.8 Å². The van der Waals surface area contributed by atoms with Gasteiger partial charge in [0.2, 0.25) is 0 Å². The molecule has 0 radical (unpaired) electrons. The van der Waals surface area contributed by atoms with E-state index in [9.17, 15) is 24.9 Å². The smallest absolute Gasteiger partial charge is 0.331 e. The molecule has 0 aromatic carbocycles. The lowest BCUT2D eigenvalue weighted by Gasteiger charge is -2.26. The normalized spacial score (nSPS) is 22.7. The van der Waals surface area contributed by atoms with Crippen LogP contribution in [0.4, 0.5) is 0 Å². The third kappa shape index (κ3) is 18.5. The predicted molar refractivity (Wildman–Crippen MR) is 201 cm³/mol. The molecule has 1 aromatic rings. The fourth-order valence-electron chi connectivity index (χ4n) is 5.86. The molecule has 284 valence electrons. The van der Waals surface area contributed by atoms with E-state index in [4.69, 9.17) is 9.47 Å². The SMILES string of the molecule is CCCCCc1cn(C[C@H](C)[C@H]2CC=CC[C@H](C)[C@@H](OC(=O)C=CC(C)=CC(C)=CC=CC(C)=C[C@H](O)[C@@H](O)C[C@H](C)O)CCCC(=O)O2)nn1. The molecule has 1 aromatic heterocycles. The molecule has 0 unspecified atom stereocenters. The minimum Gasteiger partial charge on any atom is -0.462 e. The van der Waals surface area contributed by atoms with Crippen molar-refractivity contribution in [3.05, 3.63) is 83.3 Å². The van der Waals surface area contributed by atoms with E-state index in [0.717, 1.165) is 41.7 Å². The molecule has 2 heterocycles. The van der Waals surface area contributed by atoms with Gasteiger partial charge in [0.25, 0.3) is 0 Å². The van der Waals surface area contributed by atoms with Crippen molar-refractivity contribution in [3.63, 3.8) is 0 Å². The van der Waals surface area contributed by atoms with Crippen LogP contribution in [0.2, 0.25) is 0 Å². The fraction of sp³-hybridized carbons (Fsp3) is 0.610. The second-order valence-electron chi connectivity index (χ2n) is 14.2. The summed E-state index contributed by atoms with van der Waals surface area (Å²) < 4.78 is 13.7. The van der Waals surface area contributed by atoms with Gasteiger partial charge in [-0.15, -0.1) is 5.10 Å². The van der Waals surface area contributed by atoms with Crippen molar-refractivity contribution in [2.75, 3.05) is 0 Å². The lowest BCUT2D eigenvalue weighted by molar-refractivity contribution is -0.152. The van der Waals surface area contributed by atoms with E-state index in [2.05, 4.69) is 43.2 Å². The Bertz CT molecular complexity index is 1390. The molecule has 10 heteroatoms. The van der Waals surface area contributed by atoms with Crippen LogP contribution in [-0.4, -0.2) is 72.8 Å². The molecular formula is C41H63N3O7. The van der Waals surface area contributed by atoms with Gasteiger partial charge in [0.15, 0.2) is 0 Å². The molecule has 1 aliphatic rings. The number of allylic oxidation sites excluding steroid dienone is 9. The summed E-state index contributed by atoms with van der Waals surface area (Å²) in [5.41, 5.74) is 3.60. The van der Waals surface area contributed by atoms with E-state index >= 15 is 0 Å². The fourth-order valence-corrected chi connectivity index (χ4v) is 5.86. The second-order valence-corrected chi connectivity index (χ2v) is 14.2. The summed E-state index contributed by atoms with van der Waals surface area (Å²) in [7, 11) is 0. The van der Waals surface area contributed by atoms with Gasteiger partial charge in [-0.1, -0.05) is 104 Å². The van der Waals surface area contributed by atoms with E-state index in [1.807, 2.05) is 56.0 Å². The van der Waals surface area contributed by atoms with Gasteiger partial charge in [0.1, 0.15) is 12.2 Å². The minimum atomic E-state index is -1.06. The predicted octanol–water partition coefficient (Wildman–Crippen LogP) is 7.07. The zero-order valence-corrected chi connectivity index (χ0v) is 31.9. The summed E-state index contributed by atoms with van der Waals surface area (Å²) in [6.45, 7) is 14.2. The van der Waals surface area contributed by atoms with Gasteiger partial charge in [0, 0.05) is 44.0 Å². The minimum absolute atomic E-state index is 0.0624. The van der Waals surface area contributed by atoms with Crippen LogP contribution in [0.25, 0.3) is 0 Å². The van der Waals surface area contributed by atoms with Gasteiger partial charge in [-0.05, 0) is 65.7 Å². The number of rotatable bonds is 17. The van der Waals surface area contributed by atoms with Gasteiger partial charge >= 0.3 is 11.9 Å². The molecule has 0 fully saturated rings. The van der Waals surface area contributed by atoms with Gasteiger partial charge in [-0.2, -0.15) is 0 Å². The first kappa shape index (κ1) is 43.6. The number of carbonyl (C=O) groups excluding carboxylic acids is 2. The lowest BCUT2D eigenvalue weighted by atomic mass is 9.94.